The second-order valence-electron chi connectivity index (χ2n) is 5.51. The molecule has 0 fully saturated rings. The Labute approximate surface area is 150 Å². The third kappa shape index (κ3) is 6.34. The van der Waals surface area contributed by atoms with Crippen LogP contribution in [0.3, 0.4) is 0 Å². The van der Waals surface area contributed by atoms with Crippen LogP contribution in [0.15, 0.2) is 12.2 Å². The number of carbonyl (C=O) groups is 6. The monoisotopic (exact) mass is 369 g/mol. The number of imide groups is 1. The molecule has 26 heavy (non-hydrogen) atoms. The molecule has 1 rings (SSSR count). The van der Waals surface area contributed by atoms with Crippen molar-refractivity contribution in [1.82, 2.24) is 15.5 Å². The molecular weight excluding hydrogens is 348 g/mol. The number of primary amides is 1. The van der Waals surface area contributed by atoms with Gasteiger partial charge < -0.3 is 21.5 Å². The first kappa shape index (κ1) is 19.1. The summed E-state index contributed by atoms with van der Waals surface area (Å²) >= 11 is 0. The normalized spacial score (nSPS) is 16.0. The molecule has 0 radical (unpaired) electrons. The Kier molecular flexibility index (Phi) is 6.83. The van der Waals surface area contributed by atoms with Gasteiger partial charge >= 0.3 is 5.97 Å². The fourth-order valence-electron chi connectivity index (χ4n) is 2.04. The molecular formula is C15H20N4O7. The van der Waals surface area contributed by atoms with Crippen molar-refractivity contribution in [3.63, 3.8) is 0 Å². The van der Waals surface area contributed by atoms with Crippen molar-refractivity contribution in [2.45, 2.75) is 38.3 Å². The highest BCUT2D eigenvalue weighted by atomic mass is 16.4. The van der Waals surface area contributed by atoms with Gasteiger partial charge in [0.1, 0.15) is 12.1 Å². The summed E-state index contributed by atoms with van der Waals surface area (Å²) in [5.74, 6) is -4.97. The maximum absolute atomic E-state index is 12.1. The molecule has 0 spiro atoms. The summed E-state index contributed by atoms with van der Waals surface area (Å²) in [4.78, 5) is 69.6. The van der Waals surface area contributed by atoms with Gasteiger partial charge in [0.05, 0.1) is 0 Å². The zero-order chi connectivity index (χ0) is 20.7. The first-order valence-corrected chi connectivity index (χ1v) is 7.70. The van der Waals surface area contributed by atoms with E-state index in [9.17, 15) is 28.8 Å². The van der Waals surface area contributed by atoms with Crippen molar-refractivity contribution >= 4 is 35.5 Å². The van der Waals surface area contributed by atoms with Gasteiger partial charge in [0, 0.05) is 31.5 Å². The summed E-state index contributed by atoms with van der Waals surface area (Å²) < 4.78 is 7.72. The molecule has 0 saturated carbocycles. The molecule has 1 aliphatic rings. The van der Waals surface area contributed by atoms with Crippen LogP contribution < -0.4 is 16.4 Å². The standard InChI is InChI=1S/C15H20N4O7/c1-8(15(26)18-9(14(16)25)2-5-13(23)24)17-10(20)6-7-19-11(21)3-4-12(19)22/h3-4,8-9H,2,5-7H2,1H3,(H2,16,25)(H,17,20)(H,18,26)(H,23,24)/t8-,9-/m0/s1/i/hD. The van der Waals surface area contributed by atoms with Crippen molar-refractivity contribution in [3.8, 4) is 0 Å². The van der Waals surface area contributed by atoms with Gasteiger partial charge in [-0.2, -0.15) is 0 Å². The quantitative estimate of drug-likeness (QED) is 0.311. The molecule has 0 unspecified atom stereocenters. The molecule has 5 N–H and O–H groups in total. The van der Waals surface area contributed by atoms with Crippen molar-refractivity contribution in [1.29, 1.82) is 0 Å². The number of hydrogen-bond acceptors (Lipinski definition) is 6. The number of nitrogens with two attached hydrogens (primary N) is 1. The lowest BCUT2D eigenvalue weighted by atomic mass is 10.1. The largest absolute Gasteiger partial charge is 0.481 e. The molecule has 1 heterocycles. The van der Waals surface area contributed by atoms with Crippen LogP contribution in [0.1, 0.15) is 26.2 Å². The number of carboxylic acids is 1. The first-order valence-electron chi connectivity index (χ1n) is 8.15. The summed E-state index contributed by atoms with van der Waals surface area (Å²) in [6.45, 7) is 0.985. The zero-order valence-corrected chi connectivity index (χ0v) is 14.0. The molecule has 5 amide bonds. The molecule has 0 bridgehead atoms. The van der Waals surface area contributed by atoms with Crippen molar-refractivity contribution in [3.05, 3.63) is 12.2 Å². The smallest absolute Gasteiger partial charge is 0.303 e. The van der Waals surface area contributed by atoms with Crippen LogP contribution in [-0.2, 0) is 28.8 Å². The molecule has 0 aliphatic carbocycles. The number of nitrogens with one attached hydrogen (secondary N) is 2. The second-order valence-corrected chi connectivity index (χ2v) is 5.51. The maximum atomic E-state index is 12.1. The minimum absolute atomic E-state index is 0.235. The number of carbonyl (C=O) groups excluding carboxylic acids is 5. The predicted molar refractivity (Wildman–Crippen MR) is 86.1 cm³/mol. The van der Waals surface area contributed by atoms with E-state index < -0.39 is 54.0 Å². The van der Waals surface area contributed by atoms with Gasteiger partial charge in [-0.15, -0.1) is 0 Å². The summed E-state index contributed by atoms with van der Waals surface area (Å²) in [6, 6.07) is -2.57. The van der Waals surface area contributed by atoms with E-state index >= 15 is 0 Å². The molecule has 11 heteroatoms. The van der Waals surface area contributed by atoms with Crippen LogP contribution in [0.25, 0.3) is 0 Å². The van der Waals surface area contributed by atoms with E-state index in [-0.39, 0.29) is 19.4 Å². The van der Waals surface area contributed by atoms with Gasteiger partial charge in [-0.05, 0) is 13.3 Å². The molecule has 0 aromatic rings. The van der Waals surface area contributed by atoms with E-state index in [0.717, 1.165) is 17.1 Å². The summed E-state index contributed by atoms with van der Waals surface area (Å²) in [5.41, 5.74) is 5.10. The summed E-state index contributed by atoms with van der Waals surface area (Å²) in [6.07, 6.45) is 1.11. The molecule has 1 aliphatic heterocycles. The fraction of sp³-hybridized carbons (Fsp3) is 0.467. The van der Waals surface area contributed by atoms with Crippen molar-refractivity contribution in [2.24, 2.45) is 5.73 Å². The Morgan fingerprint density at radius 2 is 1.81 bits per heavy atom. The van der Waals surface area contributed by atoms with Crippen LogP contribution in [0.5, 0.6) is 0 Å². The Hall–Kier alpha value is -3.24. The van der Waals surface area contributed by atoms with E-state index in [1.54, 1.807) is 0 Å². The minimum Gasteiger partial charge on any atom is -0.481 e. The number of carboxylic acid groups (broad SMARTS) is 1. The van der Waals surface area contributed by atoms with Gasteiger partial charge in [0.15, 0.2) is 1.41 Å². The van der Waals surface area contributed by atoms with E-state index in [2.05, 4.69) is 5.32 Å². The molecule has 2 atom stereocenters. The van der Waals surface area contributed by atoms with E-state index in [1.165, 1.54) is 6.92 Å². The van der Waals surface area contributed by atoms with Gasteiger partial charge in [-0.3, -0.25) is 33.7 Å². The van der Waals surface area contributed by atoms with Gasteiger partial charge in [0.2, 0.25) is 17.7 Å². The van der Waals surface area contributed by atoms with Gasteiger partial charge in [-0.1, -0.05) is 0 Å². The zero-order valence-electron chi connectivity index (χ0n) is 15.0. The van der Waals surface area contributed by atoms with E-state index in [4.69, 9.17) is 12.3 Å². The lowest BCUT2D eigenvalue weighted by Gasteiger charge is -2.19. The van der Waals surface area contributed by atoms with Crippen molar-refractivity contribution in [2.75, 3.05) is 6.54 Å². The maximum Gasteiger partial charge on any atom is 0.303 e. The molecule has 0 saturated heterocycles. The number of hydrogen-bond donors (Lipinski definition) is 4. The predicted octanol–water partition coefficient (Wildman–Crippen LogP) is -2.36. The van der Waals surface area contributed by atoms with E-state index in [1.807, 2.05) is 0 Å². The van der Waals surface area contributed by atoms with E-state index in [0.29, 0.717) is 5.31 Å². The number of aliphatic carboxylic acids is 1. The SMILES string of the molecule is [2H]N(C(=O)CCN1C(=O)C=CC1=O)[C@@H](C)C(=O)N[C@@H](CCC(=O)O)C(N)=O. The first-order chi connectivity index (χ1) is 12.5. The lowest BCUT2D eigenvalue weighted by molar-refractivity contribution is -0.138. The highest BCUT2D eigenvalue weighted by Crippen LogP contribution is 2.04. The third-order valence-electron chi connectivity index (χ3n) is 3.47. The highest BCUT2D eigenvalue weighted by molar-refractivity contribution is 6.13. The summed E-state index contributed by atoms with van der Waals surface area (Å²) in [5, 5.41) is 11.2. The fourth-order valence-corrected chi connectivity index (χ4v) is 2.04. The molecule has 11 nitrogen and oxygen atoms in total. The van der Waals surface area contributed by atoms with Crippen molar-refractivity contribution < 1.29 is 35.3 Å². The van der Waals surface area contributed by atoms with Crippen LogP contribution in [-0.4, -0.2) is 64.1 Å². The minimum atomic E-state index is -1.31. The highest BCUT2D eigenvalue weighted by Gasteiger charge is 2.25. The number of nitrogens with zero attached hydrogens (tertiary/aromatic N) is 1. The Morgan fingerprint density at radius 1 is 1.23 bits per heavy atom. The third-order valence-corrected chi connectivity index (χ3v) is 3.47. The van der Waals surface area contributed by atoms with Crippen LogP contribution >= 0.6 is 0 Å². The topological polar surface area (TPSA) is 176 Å². The van der Waals surface area contributed by atoms with Crippen LogP contribution in [0, 0.1) is 0 Å². The Bertz CT molecular complexity index is 676. The molecule has 0 aromatic carbocycles. The van der Waals surface area contributed by atoms with Crippen LogP contribution in [0.2, 0.25) is 1.41 Å². The van der Waals surface area contributed by atoms with Gasteiger partial charge in [0.25, 0.3) is 11.8 Å². The lowest BCUT2D eigenvalue weighted by Crippen LogP contribution is -2.52. The Balaban J connectivity index is 2.58. The molecule has 0 aromatic heterocycles. The number of rotatable bonds is 10. The summed E-state index contributed by atoms with van der Waals surface area (Å²) in [7, 11) is 0. The average Bonchev–Trinajstić information content (AvgIpc) is 2.92. The number of amides is 5. The average molecular weight is 369 g/mol. The molecule has 142 valence electrons. The second kappa shape index (κ2) is 9.30. The van der Waals surface area contributed by atoms with Gasteiger partial charge in [-0.25, -0.2) is 0 Å². The Morgan fingerprint density at radius 3 is 2.31 bits per heavy atom. The van der Waals surface area contributed by atoms with Crippen LogP contribution in [0.4, 0.5) is 0 Å².